The monoisotopic (exact) mass is 250 g/mol. The Morgan fingerprint density at radius 2 is 2.29 bits per heavy atom. The number of nitrogens with zero attached hydrogens (tertiary/aromatic N) is 3. The molecule has 7 heteroatoms. The molecule has 2 aromatic heterocycles. The van der Waals surface area contributed by atoms with Crippen molar-refractivity contribution in [3.8, 4) is 0 Å². The minimum absolute atomic E-state index is 0.0190. The minimum Gasteiger partial charge on any atom is -0.477 e. The van der Waals surface area contributed by atoms with Gasteiger partial charge in [0.2, 0.25) is 0 Å². The molecule has 6 nitrogen and oxygen atoms in total. The van der Waals surface area contributed by atoms with E-state index < -0.39 is 5.97 Å². The van der Waals surface area contributed by atoms with Crippen molar-refractivity contribution < 1.29 is 9.90 Å². The second-order valence-electron chi connectivity index (χ2n) is 3.42. The summed E-state index contributed by atoms with van der Waals surface area (Å²) in [6.45, 7) is 1.91. The molecule has 17 heavy (non-hydrogen) atoms. The molecular weight excluding hydrogens is 240 g/mol. The van der Waals surface area contributed by atoms with Gasteiger partial charge in [0, 0.05) is 11.6 Å². The molecule has 3 N–H and O–H groups in total. The lowest BCUT2D eigenvalue weighted by Crippen LogP contribution is -2.08. The molecule has 0 bridgehead atoms. The lowest BCUT2D eigenvalue weighted by atomic mass is 10.3. The van der Waals surface area contributed by atoms with E-state index in [0.29, 0.717) is 12.2 Å². The Balaban J connectivity index is 2.23. The molecule has 0 aliphatic rings. The standard InChI is InChI=1S/C10H10N4O2S/c1-5-13-6(4-17-5)2-8-12-3-7(10(15)16)9(11)14-8/h3-4H,2H2,1H3,(H,15,16)(H2,11,12,14). The summed E-state index contributed by atoms with van der Waals surface area (Å²) in [5.74, 6) is -0.675. The highest BCUT2D eigenvalue weighted by atomic mass is 32.1. The van der Waals surface area contributed by atoms with Crippen LogP contribution in [-0.2, 0) is 6.42 Å². The van der Waals surface area contributed by atoms with Crippen molar-refractivity contribution in [3.63, 3.8) is 0 Å². The minimum atomic E-state index is -1.13. The summed E-state index contributed by atoms with van der Waals surface area (Å²) in [6.07, 6.45) is 1.67. The number of aromatic nitrogens is 3. The van der Waals surface area contributed by atoms with Crippen LogP contribution in [0.4, 0.5) is 5.82 Å². The molecule has 0 atom stereocenters. The highest BCUT2D eigenvalue weighted by molar-refractivity contribution is 7.09. The van der Waals surface area contributed by atoms with Crippen molar-refractivity contribution in [3.05, 3.63) is 33.7 Å². The van der Waals surface area contributed by atoms with Crippen molar-refractivity contribution in [1.82, 2.24) is 15.0 Å². The number of hydrogen-bond donors (Lipinski definition) is 2. The Bertz CT molecular complexity index is 567. The quantitative estimate of drug-likeness (QED) is 0.846. The summed E-state index contributed by atoms with van der Waals surface area (Å²) < 4.78 is 0. The van der Waals surface area contributed by atoms with Crippen molar-refractivity contribution in [2.75, 3.05) is 5.73 Å². The van der Waals surface area contributed by atoms with Crippen LogP contribution in [0.2, 0.25) is 0 Å². The third-order valence-electron chi connectivity index (χ3n) is 2.10. The van der Waals surface area contributed by atoms with E-state index in [4.69, 9.17) is 10.8 Å². The fraction of sp³-hybridized carbons (Fsp3) is 0.200. The van der Waals surface area contributed by atoms with Gasteiger partial charge in [-0.1, -0.05) is 0 Å². The number of carbonyl (C=O) groups is 1. The third kappa shape index (κ3) is 2.56. The van der Waals surface area contributed by atoms with E-state index in [1.165, 1.54) is 6.20 Å². The van der Waals surface area contributed by atoms with Crippen LogP contribution >= 0.6 is 11.3 Å². The summed E-state index contributed by atoms with van der Waals surface area (Å²) in [6, 6.07) is 0. The van der Waals surface area contributed by atoms with E-state index in [-0.39, 0.29) is 11.4 Å². The zero-order chi connectivity index (χ0) is 12.4. The van der Waals surface area contributed by atoms with Gasteiger partial charge in [-0.25, -0.2) is 19.7 Å². The van der Waals surface area contributed by atoms with Gasteiger partial charge < -0.3 is 10.8 Å². The zero-order valence-corrected chi connectivity index (χ0v) is 9.86. The average molecular weight is 250 g/mol. The van der Waals surface area contributed by atoms with E-state index in [1.807, 2.05) is 12.3 Å². The van der Waals surface area contributed by atoms with Gasteiger partial charge in [-0.3, -0.25) is 0 Å². The van der Waals surface area contributed by atoms with Gasteiger partial charge in [-0.05, 0) is 6.92 Å². The average Bonchev–Trinajstić information content (AvgIpc) is 2.63. The maximum absolute atomic E-state index is 10.7. The first-order chi connectivity index (χ1) is 8.06. The SMILES string of the molecule is Cc1nc(Cc2ncc(C(=O)O)c(N)n2)cs1. The number of nitrogens with two attached hydrogens (primary N) is 1. The summed E-state index contributed by atoms with van der Waals surface area (Å²) in [5.41, 5.74) is 6.31. The van der Waals surface area contributed by atoms with Crippen molar-refractivity contribution in [2.24, 2.45) is 0 Å². The van der Waals surface area contributed by atoms with E-state index in [1.54, 1.807) is 11.3 Å². The molecular formula is C10H10N4O2S. The fourth-order valence-corrected chi connectivity index (χ4v) is 1.95. The number of aromatic carboxylic acids is 1. The van der Waals surface area contributed by atoms with Gasteiger partial charge in [0.15, 0.2) is 0 Å². The zero-order valence-electron chi connectivity index (χ0n) is 9.04. The molecule has 0 aliphatic carbocycles. The van der Waals surface area contributed by atoms with Crippen LogP contribution in [-0.4, -0.2) is 26.0 Å². The lowest BCUT2D eigenvalue weighted by molar-refractivity contribution is 0.0697. The molecule has 0 spiro atoms. The molecule has 88 valence electrons. The molecule has 0 aromatic carbocycles. The van der Waals surface area contributed by atoms with E-state index >= 15 is 0 Å². The van der Waals surface area contributed by atoms with Gasteiger partial charge in [-0.2, -0.15) is 0 Å². The number of nitrogen functional groups attached to an aromatic ring is 1. The van der Waals surface area contributed by atoms with Crippen LogP contribution in [0.25, 0.3) is 0 Å². The number of carboxylic acid groups (broad SMARTS) is 1. The van der Waals surface area contributed by atoms with Crippen LogP contribution in [0.1, 0.15) is 26.9 Å². The van der Waals surface area contributed by atoms with Crippen LogP contribution in [0.15, 0.2) is 11.6 Å². The number of aryl methyl sites for hydroxylation is 1. The van der Waals surface area contributed by atoms with E-state index in [2.05, 4.69) is 15.0 Å². The van der Waals surface area contributed by atoms with Gasteiger partial charge >= 0.3 is 5.97 Å². The van der Waals surface area contributed by atoms with Crippen LogP contribution < -0.4 is 5.73 Å². The first kappa shape index (κ1) is 11.5. The van der Waals surface area contributed by atoms with Crippen molar-refractivity contribution in [1.29, 1.82) is 0 Å². The Morgan fingerprint density at radius 3 is 2.82 bits per heavy atom. The highest BCUT2D eigenvalue weighted by Crippen LogP contribution is 2.13. The summed E-state index contributed by atoms with van der Waals surface area (Å²) >= 11 is 1.54. The third-order valence-corrected chi connectivity index (χ3v) is 2.93. The molecule has 0 radical (unpaired) electrons. The van der Waals surface area contributed by atoms with Crippen LogP contribution in [0.3, 0.4) is 0 Å². The van der Waals surface area contributed by atoms with Crippen molar-refractivity contribution >= 4 is 23.1 Å². The number of carboxylic acids is 1. The van der Waals surface area contributed by atoms with Gasteiger partial charge in [0.1, 0.15) is 17.2 Å². The van der Waals surface area contributed by atoms with Gasteiger partial charge in [0.05, 0.1) is 17.1 Å². The first-order valence-electron chi connectivity index (χ1n) is 4.82. The normalized spacial score (nSPS) is 10.4. The second-order valence-corrected chi connectivity index (χ2v) is 4.49. The second kappa shape index (κ2) is 4.46. The number of anilines is 1. The van der Waals surface area contributed by atoms with E-state index in [9.17, 15) is 4.79 Å². The summed E-state index contributed by atoms with van der Waals surface area (Å²) in [7, 11) is 0. The Morgan fingerprint density at radius 1 is 1.53 bits per heavy atom. The van der Waals surface area contributed by atoms with Crippen LogP contribution in [0, 0.1) is 6.92 Å². The Kier molecular flexibility index (Phi) is 3.01. The number of rotatable bonds is 3. The Hall–Kier alpha value is -2.02. The summed E-state index contributed by atoms with van der Waals surface area (Å²) in [4.78, 5) is 22.9. The van der Waals surface area contributed by atoms with Gasteiger partial charge in [0.25, 0.3) is 0 Å². The smallest absolute Gasteiger partial charge is 0.341 e. The molecule has 0 unspecified atom stereocenters. The first-order valence-corrected chi connectivity index (χ1v) is 5.70. The number of thiazole rings is 1. The predicted molar refractivity (Wildman–Crippen MR) is 63.1 cm³/mol. The maximum atomic E-state index is 10.7. The number of hydrogen-bond acceptors (Lipinski definition) is 6. The molecule has 2 aromatic rings. The van der Waals surface area contributed by atoms with Crippen molar-refractivity contribution in [2.45, 2.75) is 13.3 Å². The fourth-order valence-electron chi connectivity index (χ4n) is 1.33. The molecule has 0 fully saturated rings. The van der Waals surface area contributed by atoms with Gasteiger partial charge in [-0.15, -0.1) is 11.3 Å². The molecule has 2 rings (SSSR count). The summed E-state index contributed by atoms with van der Waals surface area (Å²) in [5, 5.41) is 11.7. The Labute approximate surface area is 101 Å². The highest BCUT2D eigenvalue weighted by Gasteiger charge is 2.11. The molecule has 0 amide bonds. The molecule has 0 saturated carbocycles. The molecule has 2 heterocycles. The maximum Gasteiger partial charge on any atom is 0.341 e. The van der Waals surface area contributed by atoms with E-state index in [0.717, 1.165) is 10.7 Å². The van der Waals surface area contributed by atoms with Crippen LogP contribution in [0.5, 0.6) is 0 Å². The lowest BCUT2D eigenvalue weighted by Gasteiger charge is -2.01. The molecule has 0 saturated heterocycles. The largest absolute Gasteiger partial charge is 0.477 e. The topological polar surface area (TPSA) is 102 Å². The predicted octanol–water partition coefficient (Wildman–Crippen LogP) is 1.11. The molecule has 0 aliphatic heterocycles.